The van der Waals surface area contributed by atoms with Gasteiger partial charge >= 0.3 is 5.97 Å². The zero-order valence-electron chi connectivity index (χ0n) is 17.6. The fourth-order valence-electron chi connectivity index (χ4n) is 3.56. The highest BCUT2D eigenvalue weighted by molar-refractivity contribution is 5.85. The molecule has 1 unspecified atom stereocenters. The smallest absolute Gasteiger partial charge is 0.307 e. The van der Waals surface area contributed by atoms with E-state index in [1.165, 1.54) is 22.3 Å². The van der Waals surface area contributed by atoms with Crippen LogP contribution < -0.4 is 10.1 Å². The third kappa shape index (κ3) is 7.51. The van der Waals surface area contributed by atoms with Crippen molar-refractivity contribution in [2.24, 2.45) is 5.92 Å². The molecule has 0 saturated heterocycles. The molecule has 0 aliphatic heterocycles. The number of aliphatic carboxylic acids is 1. The highest BCUT2D eigenvalue weighted by Crippen LogP contribution is 2.27. The molecule has 5 heteroatoms. The predicted octanol–water partition coefficient (Wildman–Crippen LogP) is 5.15. The molecule has 1 aliphatic carbocycles. The number of carboxylic acids is 1. The SMILES string of the molecule is CC(CNCC1=Cc2ccc(OCCCCc3ccccc3)cc2CC1)C(=O)O.Cl. The fraction of sp³-hybridized carbons (Fsp3) is 0.400. The van der Waals surface area contributed by atoms with E-state index in [9.17, 15) is 4.79 Å². The van der Waals surface area contributed by atoms with E-state index in [1.54, 1.807) is 6.92 Å². The summed E-state index contributed by atoms with van der Waals surface area (Å²) in [6.07, 6.45) is 7.51. The molecule has 162 valence electrons. The van der Waals surface area contributed by atoms with Crippen molar-refractivity contribution in [3.8, 4) is 5.75 Å². The van der Waals surface area contributed by atoms with Crippen LogP contribution in [0.2, 0.25) is 0 Å². The lowest BCUT2D eigenvalue weighted by molar-refractivity contribution is -0.140. The molecule has 0 saturated carbocycles. The summed E-state index contributed by atoms with van der Waals surface area (Å²) < 4.78 is 5.96. The molecule has 1 aliphatic rings. The van der Waals surface area contributed by atoms with E-state index >= 15 is 0 Å². The summed E-state index contributed by atoms with van der Waals surface area (Å²) in [7, 11) is 0. The molecule has 0 amide bonds. The highest BCUT2D eigenvalue weighted by atomic mass is 35.5. The Kier molecular flexibility index (Phi) is 9.92. The van der Waals surface area contributed by atoms with Crippen LogP contribution in [0.1, 0.15) is 42.9 Å². The molecule has 0 fully saturated rings. The Bertz CT molecular complexity index is 836. The second-order valence-corrected chi connectivity index (χ2v) is 7.82. The maximum absolute atomic E-state index is 10.9. The molecule has 1 atom stereocenters. The summed E-state index contributed by atoms with van der Waals surface area (Å²) in [5.74, 6) is -0.166. The molecule has 0 radical (unpaired) electrons. The van der Waals surface area contributed by atoms with Gasteiger partial charge in [0, 0.05) is 13.1 Å². The van der Waals surface area contributed by atoms with Gasteiger partial charge in [0.1, 0.15) is 5.75 Å². The first-order valence-electron chi connectivity index (χ1n) is 10.5. The molecule has 0 bridgehead atoms. The Balaban J connectivity index is 0.00000320. The van der Waals surface area contributed by atoms with Crippen LogP contribution in [-0.2, 0) is 17.6 Å². The molecule has 0 heterocycles. The number of fused-ring (bicyclic) bond motifs is 1. The van der Waals surface area contributed by atoms with Crippen LogP contribution >= 0.6 is 12.4 Å². The quantitative estimate of drug-likeness (QED) is 0.485. The van der Waals surface area contributed by atoms with Crippen LogP contribution in [0.15, 0.2) is 54.1 Å². The van der Waals surface area contributed by atoms with Crippen molar-refractivity contribution in [2.45, 2.75) is 39.0 Å². The number of nitrogens with one attached hydrogen (secondary N) is 1. The number of unbranched alkanes of at least 4 members (excludes halogenated alkanes) is 1. The molecule has 4 nitrogen and oxygen atoms in total. The van der Waals surface area contributed by atoms with Crippen LogP contribution in [-0.4, -0.2) is 30.8 Å². The van der Waals surface area contributed by atoms with Gasteiger partial charge in [0.05, 0.1) is 12.5 Å². The van der Waals surface area contributed by atoms with Gasteiger partial charge in [0.25, 0.3) is 0 Å². The predicted molar refractivity (Wildman–Crippen MR) is 125 cm³/mol. The number of hydrogen-bond acceptors (Lipinski definition) is 3. The number of benzene rings is 2. The summed E-state index contributed by atoms with van der Waals surface area (Å²) in [5.41, 5.74) is 5.28. The van der Waals surface area contributed by atoms with Gasteiger partial charge in [-0.15, -0.1) is 12.4 Å². The molecule has 3 rings (SSSR count). The van der Waals surface area contributed by atoms with Crippen molar-refractivity contribution in [2.75, 3.05) is 19.7 Å². The molecule has 2 N–H and O–H groups in total. The van der Waals surface area contributed by atoms with E-state index in [-0.39, 0.29) is 18.3 Å². The number of ether oxygens (including phenoxy) is 1. The number of aryl methyl sites for hydroxylation is 2. The van der Waals surface area contributed by atoms with Gasteiger partial charge in [-0.1, -0.05) is 55.0 Å². The monoisotopic (exact) mass is 429 g/mol. The van der Waals surface area contributed by atoms with E-state index in [1.807, 2.05) is 0 Å². The molecular weight excluding hydrogens is 398 g/mol. The summed E-state index contributed by atoms with van der Waals surface area (Å²) in [6, 6.07) is 16.9. The molecule has 0 spiro atoms. The van der Waals surface area contributed by atoms with Crippen LogP contribution in [0.4, 0.5) is 0 Å². The van der Waals surface area contributed by atoms with Gasteiger partial charge in [-0.05, 0) is 60.9 Å². The Morgan fingerprint density at radius 1 is 1.13 bits per heavy atom. The van der Waals surface area contributed by atoms with Crippen molar-refractivity contribution < 1.29 is 14.6 Å². The summed E-state index contributed by atoms with van der Waals surface area (Å²) in [5, 5.41) is 12.2. The number of halogens is 1. The minimum Gasteiger partial charge on any atom is -0.494 e. The van der Waals surface area contributed by atoms with Crippen molar-refractivity contribution in [3.63, 3.8) is 0 Å². The number of hydrogen-bond donors (Lipinski definition) is 2. The average molecular weight is 430 g/mol. The van der Waals surface area contributed by atoms with Gasteiger partial charge in [-0.25, -0.2) is 0 Å². The first kappa shape index (κ1) is 24.0. The van der Waals surface area contributed by atoms with Gasteiger partial charge in [0.2, 0.25) is 0 Å². The average Bonchev–Trinajstić information content (AvgIpc) is 2.74. The van der Waals surface area contributed by atoms with E-state index in [0.29, 0.717) is 6.54 Å². The summed E-state index contributed by atoms with van der Waals surface area (Å²) >= 11 is 0. The molecule has 30 heavy (non-hydrogen) atoms. The first-order valence-corrected chi connectivity index (χ1v) is 10.5. The van der Waals surface area contributed by atoms with Crippen molar-refractivity contribution >= 4 is 24.5 Å². The van der Waals surface area contributed by atoms with Crippen LogP contribution in [0.5, 0.6) is 5.75 Å². The highest BCUT2D eigenvalue weighted by Gasteiger charge is 2.13. The van der Waals surface area contributed by atoms with Crippen LogP contribution in [0.25, 0.3) is 6.08 Å². The number of carbonyl (C=O) groups is 1. The maximum atomic E-state index is 10.9. The third-order valence-corrected chi connectivity index (χ3v) is 5.39. The largest absolute Gasteiger partial charge is 0.494 e. The van der Waals surface area contributed by atoms with Crippen molar-refractivity contribution in [1.29, 1.82) is 0 Å². The molecule has 0 aromatic heterocycles. The lowest BCUT2D eigenvalue weighted by Crippen LogP contribution is -2.28. The Hall–Kier alpha value is -2.30. The Morgan fingerprint density at radius 3 is 2.70 bits per heavy atom. The first-order chi connectivity index (χ1) is 14.1. The lowest BCUT2D eigenvalue weighted by Gasteiger charge is -2.18. The molecular formula is C25H32ClNO3. The van der Waals surface area contributed by atoms with Crippen molar-refractivity contribution in [3.05, 3.63) is 70.8 Å². The molecule has 2 aromatic rings. The van der Waals surface area contributed by atoms with Gasteiger partial charge < -0.3 is 15.2 Å². The number of carboxylic acid groups (broad SMARTS) is 1. The van der Waals surface area contributed by atoms with E-state index < -0.39 is 5.97 Å². The topological polar surface area (TPSA) is 58.6 Å². The van der Waals surface area contributed by atoms with Gasteiger partial charge in [-0.3, -0.25) is 4.79 Å². The van der Waals surface area contributed by atoms with Gasteiger partial charge in [-0.2, -0.15) is 0 Å². The zero-order chi connectivity index (χ0) is 20.5. The normalized spacial score (nSPS) is 13.6. The van der Waals surface area contributed by atoms with E-state index in [0.717, 1.165) is 51.0 Å². The van der Waals surface area contributed by atoms with Crippen LogP contribution in [0, 0.1) is 5.92 Å². The van der Waals surface area contributed by atoms with Gasteiger partial charge in [0.15, 0.2) is 0 Å². The summed E-state index contributed by atoms with van der Waals surface area (Å²) in [6.45, 7) is 3.72. The van der Waals surface area contributed by atoms with Crippen LogP contribution in [0.3, 0.4) is 0 Å². The second kappa shape index (κ2) is 12.4. The van der Waals surface area contributed by atoms with E-state index in [2.05, 4.69) is 59.9 Å². The minimum absolute atomic E-state index is 0. The lowest BCUT2D eigenvalue weighted by atomic mass is 9.92. The standard InChI is InChI=1S/C25H31NO3.ClH/c1-19(25(27)28)17-26-18-21-10-11-23-16-24(13-12-22(23)15-21)29-14-6-5-9-20-7-3-2-4-8-20;/h2-4,7-8,12-13,15-16,19,26H,5-6,9-11,14,17-18H2,1H3,(H,27,28);1H. The van der Waals surface area contributed by atoms with E-state index in [4.69, 9.17) is 9.84 Å². The maximum Gasteiger partial charge on any atom is 0.307 e. The third-order valence-electron chi connectivity index (χ3n) is 5.39. The zero-order valence-corrected chi connectivity index (χ0v) is 18.4. The summed E-state index contributed by atoms with van der Waals surface area (Å²) in [4.78, 5) is 10.9. The Morgan fingerprint density at radius 2 is 1.93 bits per heavy atom. The number of rotatable bonds is 11. The Labute approximate surface area is 185 Å². The molecule has 2 aromatic carbocycles. The fourth-order valence-corrected chi connectivity index (χ4v) is 3.56. The second-order valence-electron chi connectivity index (χ2n) is 7.82. The van der Waals surface area contributed by atoms with Crippen molar-refractivity contribution in [1.82, 2.24) is 5.32 Å². The minimum atomic E-state index is -0.756.